The summed E-state index contributed by atoms with van der Waals surface area (Å²) in [6, 6.07) is 22.6. The molecule has 0 spiro atoms. The number of aromatic nitrogens is 2. The Kier molecular flexibility index (Phi) is 9.89. The Morgan fingerprint density at radius 3 is 2.26 bits per heavy atom. The van der Waals surface area contributed by atoms with Crippen molar-refractivity contribution in [1.29, 1.82) is 0 Å². The number of nitrogens with zero attached hydrogens (tertiary/aromatic N) is 2. The van der Waals surface area contributed by atoms with E-state index in [4.69, 9.17) is 14.2 Å². The summed E-state index contributed by atoms with van der Waals surface area (Å²) < 4.78 is 18.6. The monoisotopic (exact) mass is 584 g/mol. The second-order valence-corrected chi connectivity index (χ2v) is 10.6. The molecule has 0 bridgehead atoms. The van der Waals surface area contributed by atoms with E-state index in [1.165, 1.54) is 0 Å². The Labute approximate surface area is 250 Å². The van der Waals surface area contributed by atoms with Gasteiger partial charge < -0.3 is 24.8 Å². The molecular weight excluding hydrogens is 548 g/mol. The minimum absolute atomic E-state index is 0.0359. The zero-order chi connectivity index (χ0) is 30.0. The topological polar surface area (TPSA) is 121 Å². The molecule has 1 saturated carbocycles. The maximum Gasteiger partial charge on any atom is 0.407 e. The second kappa shape index (κ2) is 14.4. The van der Waals surface area contributed by atoms with Crippen LogP contribution in [0.25, 0.3) is 10.9 Å². The number of nitrogens with one attached hydrogen (secondary N) is 2. The molecule has 0 aliphatic heterocycles. The number of carbonyl (C=O) groups is 2. The van der Waals surface area contributed by atoms with Crippen LogP contribution < -0.4 is 25.7 Å². The Bertz CT molecular complexity index is 1580. The van der Waals surface area contributed by atoms with Gasteiger partial charge in [0.1, 0.15) is 6.61 Å². The maximum absolute atomic E-state index is 13.3. The molecule has 10 heteroatoms. The third-order valence-electron chi connectivity index (χ3n) is 7.55. The Morgan fingerprint density at radius 2 is 1.56 bits per heavy atom. The first-order valence-corrected chi connectivity index (χ1v) is 14.5. The lowest BCUT2D eigenvalue weighted by molar-refractivity contribution is -0.126. The summed E-state index contributed by atoms with van der Waals surface area (Å²) in [5, 5.41) is 6.01. The minimum Gasteiger partial charge on any atom is -0.493 e. The molecule has 224 valence electrons. The molecule has 1 aliphatic rings. The number of carbonyl (C=O) groups excluding carboxylic acids is 2. The molecule has 2 amide bonds. The van der Waals surface area contributed by atoms with Gasteiger partial charge in [0, 0.05) is 25.1 Å². The van der Waals surface area contributed by atoms with Crippen molar-refractivity contribution in [2.75, 3.05) is 20.2 Å². The second-order valence-electron chi connectivity index (χ2n) is 10.6. The summed E-state index contributed by atoms with van der Waals surface area (Å²) >= 11 is 0. The number of alkyl carbamates (subject to hydrolysis) is 1. The summed E-state index contributed by atoms with van der Waals surface area (Å²) in [4.78, 5) is 42.4. The van der Waals surface area contributed by atoms with Crippen molar-refractivity contribution in [2.45, 2.75) is 44.9 Å². The van der Waals surface area contributed by atoms with E-state index in [0.717, 1.165) is 11.1 Å². The van der Waals surface area contributed by atoms with Crippen LogP contribution in [0.15, 0.2) is 83.9 Å². The van der Waals surface area contributed by atoms with Crippen LogP contribution >= 0.6 is 0 Å². The van der Waals surface area contributed by atoms with Gasteiger partial charge in [-0.25, -0.2) is 9.78 Å². The van der Waals surface area contributed by atoms with Crippen molar-refractivity contribution in [3.8, 4) is 11.5 Å². The number of hydrogen-bond donors (Lipinski definition) is 2. The lowest BCUT2D eigenvalue weighted by Gasteiger charge is -2.28. The number of ether oxygens (including phenoxy) is 3. The molecule has 10 nitrogen and oxygen atoms in total. The fourth-order valence-corrected chi connectivity index (χ4v) is 5.20. The van der Waals surface area contributed by atoms with Crippen LogP contribution in [0.4, 0.5) is 4.79 Å². The largest absolute Gasteiger partial charge is 0.493 e. The van der Waals surface area contributed by atoms with Crippen molar-refractivity contribution in [2.24, 2.45) is 5.92 Å². The van der Waals surface area contributed by atoms with E-state index in [0.29, 0.717) is 61.2 Å². The number of amides is 2. The van der Waals surface area contributed by atoms with Gasteiger partial charge in [-0.3, -0.25) is 14.2 Å². The van der Waals surface area contributed by atoms with Crippen molar-refractivity contribution < 1.29 is 23.8 Å². The molecule has 1 aromatic heterocycles. The van der Waals surface area contributed by atoms with Gasteiger partial charge in [-0.2, -0.15) is 0 Å². The fraction of sp³-hybridized carbons (Fsp3) is 0.333. The standard InChI is InChI=1S/C33H36N4O6/c1-41-29-19-28-27(32(39)37(22-36-28)20-23-8-4-2-5-9-23)18-30(29)43-26-14-12-25(13-15-26)31(38)34-16-17-35-33(40)42-21-24-10-6-3-7-11-24/h2-11,18-19,22,25-26H,12-17,20-21H2,1H3,(H,34,38)(H,35,40). The van der Waals surface area contributed by atoms with Crippen molar-refractivity contribution >= 4 is 22.9 Å². The summed E-state index contributed by atoms with van der Waals surface area (Å²) in [5.74, 6) is 0.836. The van der Waals surface area contributed by atoms with Gasteiger partial charge in [-0.15, -0.1) is 0 Å². The Balaban J connectivity index is 1.10. The molecule has 0 saturated heterocycles. The lowest BCUT2D eigenvalue weighted by Crippen LogP contribution is -2.39. The predicted molar refractivity (Wildman–Crippen MR) is 162 cm³/mol. The molecule has 43 heavy (non-hydrogen) atoms. The quantitative estimate of drug-likeness (QED) is 0.250. The zero-order valence-corrected chi connectivity index (χ0v) is 24.2. The van der Waals surface area contributed by atoms with Crippen LogP contribution in [0.3, 0.4) is 0 Å². The van der Waals surface area contributed by atoms with Gasteiger partial charge in [0.15, 0.2) is 11.5 Å². The molecule has 0 atom stereocenters. The predicted octanol–water partition coefficient (Wildman–Crippen LogP) is 4.43. The average Bonchev–Trinajstić information content (AvgIpc) is 3.04. The van der Waals surface area contributed by atoms with Crippen LogP contribution in [-0.4, -0.2) is 47.9 Å². The highest BCUT2D eigenvalue weighted by Gasteiger charge is 2.28. The molecule has 0 radical (unpaired) electrons. The van der Waals surface area contributed by atoms with Crippen LogP contribution in [0.2, 0.25) is 0 Å². The molecule has 1 fully saturated rings. The third kappa shape index (κ3) is 7.91. The van der Waals surface area contributed by atoms with Gasteiger partial charge in [0.05, 0.1) is 37.0 Å². The van der Waals surface area contributed by atoms with Crippen LogP contribution in [0.1, 0.15) is 36.8 Å². The first kappa shape index (κ1) is 29.6. The van der Waals surface area contributed by atoms with Crippen LogP contribution in [0.5, 0.6) is 11.5 Å². The van der Waals surface area contributed by atoms with Crippen molar-refractivity contribution in [1.82, 2.24) is 20.2 Å². The van der Waals surface area contributed by atoms with E-state index in [-0.39, 0.29) is 36.6 Å². The SMILES string of the molecule is COc1cc2ncn(Cc3ccccc3)c(=O)c2cc1OC1CCC(C(=O)NCCNC(=O)OCc2ccccc2)CC1. The first-order chi connectivity index (χ1) is 21.0. The fourth-order valence-electron chi connectivity index (χ4n) is 5.20. The molecule has 0 unspecified atom stereocenters. The molecule has 1 heterocycles. The minimum atomic E-state index is -0.522. The number of hydrogen-bond acceptors (Lipinski definition) is 7. The average molecular weight is 585 g/mol. The van der Waals surface area contributed by atoms with Crippen LogP contribution in [0, 0.1) is 5.92 Å². The Hall–Kier alpha value is -4.86. The number of fused-ring (bicyclic) bond motifs is 1. The van der Waals surface area contributed by atoms with Crippen molar-refractivity contribution in [3.05, 3.63) is 101 Å². The molecule has 4 aromatic rings. The number of methoxy groups -OCH3 is 1. The molecular formula is C33H36N4O6. The Morgan fingerprint density at radius 1 is 0.884 bits per heavy atom. The highest BCUT2D eigenvalue weighted by atomic mass is 16.5. The van der Waals surface area contributed by atoms with Crippen molar-refractivity contribution in [3.63, 3.8) is 0 Å². The molecule has 5 rings (SSSR count). The van der Waals surface area contributed by atoms with Gasteiger partial charge in [0.2, 0.25) is 5.91 Å². The van der Waals surface area contributed by atoms with E-state index in [1.807, 2.05) is 60.7 Å². The van der Waals surface area contributed by atoms with E-state index in [9.17, 15) is 14.4 Å². The summed E-state index contributed by atoms with van der Waals surface area (Å²) in [7, 11) is 1.56. The first-order valence-electron chi connectivity index (χ1n) is 14.5. The molecule has 3 aromatic carbocycles. The zero-order valence-electron chi connectivity index (χ0n) is 24.2. The highest BCUT2D eigenvalue weighted by molar-refractivity contribution is 5.82. The normalized spacial score (nSPS) is 16.3. The van der Waals surface area contributed by atoms with E-state index >= 15 is 0 Å². The van der Waals surface area contributed by atoms with Crippen LogP contribution in [-0.2, 0) is 22.7 Å². The summed E-state index contributed by atoms with van der Waals surface area (Å²) in [6.07, 6.45) is 3.64. The van der Waals surface area contributed by atoms with Gasteiger partial charge >= 0.3 is 6.09 Å². The van der Waals surface area contributed by atoms with E-state index < -0.39 is 6.09 Å². The lowest BCUT2D eigenvalue weighted by atomic mass is 9.86. The smallest absolute Gasteiger partial charge is 0.407 e. The molecule has 1 aliphatic carbocycles. The third-order valence-corrected chi connectivity index (χ3v) is 7.55. The van der Waals surface area contributed by atoms with Gasteiger partial charge in [-0.1, -0.05) is 60.7 Å². The summed E-state index contributed by atoms with van der Waals surface area (Å²) in [6.45, 7) is 1.21. The van der Waals surface area contributed by atoms with Gasteiger partial charge in [-0.05, 0) is 42.9 Å². The number of rotatable bonds is 11. The van der Waals surface area contributed by atoms with E-state index in [1.54, 1.807) is 30.1 Å². The molecule has 2 N–H and O–H groups in total. The highest BCUT2D eigenvalue weighted by Crippen LogP contribution is 2.34. The maximum atomic E-state index is 13.3. The summed E-state index contributed by atoms with van der Waals surface area (Å²) in [5.41, 5.74) is 2.30. The van der Waals surface area contributed by atoms with E-state index in [2.05, 4.69) is 15.6 Å². The number of benzene rings is 3. The van der Waals surface area contributed by atoms with Gasteiger partial charge in [0.25, 0.3) is 5.56 Å².